The molecule has 4 N–H and O–H groups in total. The largest absolute Gasteiger partial charge is 0.508 e. The minimum atomic E-state index is -0.893. The smallest absolute Gasteiger partial charge is 0.120 e. The van der Waals surface area contributed by atoms with Crippen LogP contribution in [0.5, 0.6) is 5.75 Å². The summed E-state index contributed by atoms with van der Waals surface area (Å²) in [5.41, 5.74) is 5.53. The number of rotatable bonds is 3. The summed E-state index contributed by atoms with van der Waals surface area (Å²) >= 11 is 1.57. The molecule has 0 amide bonds. The third-order valence-electron chi connectivity index (χ3n) is 2.15. The first-order valence-corrected chi connectivity index (χ1v) is 5.51. The molecule has 0 aliphatic heterocycles. The number of aliphatic hydroxyl groups excluding tert-OH is 1. The lowest BCUT2D eigenvalue weighted by molar-refractivity contribution is 0.206. The number of hydrogen-bond donors (Lipinski definition) is 3. The first kappa shape index (κ1) is 11.4. The van der Waals surface area contributed by atoms with Gasteiger partial charge in [-0.15, -0.1) is 11.8 Å². The summed E-state index contributed by atoms with van der Waals surface area (Å²) in [6, 6.07) is 5.22. The molecule has 0 heterocycles. The first-order chi connectivity index (χ1) is 6.51. The summed E-state index contributed by atoms with van der Waals surface area (Å²) in [4.78, 5) is 1.02. The van der Waals surface area contributed by atoms with Gasteiger partial charge in [0.25, 0.3) is 0 Å². The summed E-state index contributed by atoms with van der Waals surface area (Å²) in [5, 5.41) is 18.7. The van der Waals surface area contributed by atoms with Crippen molar-refractivity contribution >= 4 is 11.8 Å². The van der Waals surface area contributed by atoms with Crippen molar-refractivity contribution < 1.29 is 10.2 Å². The van der Waals surface area contributed by atoms with E-state index in [0.717, 1.165) is 4.90 Å². The highest BCUT2D eigenvalue weighted by Crippen LogP contribution is 2.30. The Hall–Kier alpha value is -0.710. The van der Waals surface area contributed by atoms with Crippen LogP contribution in [0.25, 0.3) is 0 Å². The molecule has 1 aromatic carbocycles. The highest BCUT2D eigenvalue weighted by Gasteiger charge is 2.23. The lowest BCUT2D eigenvalue weighted by Gasteiger charge is -2.23. The van der Waals surface area contributed by atoms with Gasteiger partial charge in [-0.3, -0.25) is 0 Å². The summed E-state index contributed by atoms with van der Waals surface area (Å²) in [5.74, 6) is 0.127. The van der Waals surface area contributed by atoms with E-state index in [1.807, 2.05) is 12.3 Å². The van der Waals surface area contributed by atoms with Gasteiger partial charge in [0, 0.05) is 10.5 Å². The second-order valence-electron chi connectivity index (χ2n) is 3.46. The number of aromatic hydroxyl groups is 1. The Labute approximate surface area is 87.9 Å². The summed E-state index contributed by atoms with van der Waals surface area (Å²) in [7, 11) is 0. The van der Waals surface area contributed by atoms with Gasteiger partial charge < -0.3 is 15.9 Å². The zero-order chi connectivity index (χ0) is 10.8. The van der Waals surface area contributed by atoms with E-state index in [0.29, 0.717) is 5.56 Å². The molecule has 0 unspecified atom stereocenters. The monoisotopic (exact) mass is 213 g/mol. The van der Waals surface area contributed by atoms with E-state index in [1.54, 1.807) is 30.8 Å². The number of phenolic OH excluding ortho intramolecular Hbond substituents is 1. The Morgan fingerprint density at radius 2 is 2.14 bits per heavy atom. The van der Waals surface area contributed by atoms with Gasteiger partial charge >= 0.3 is 0 Å². The van der Waals surface area contributed by atoms with Gasteiger partial charge in [-0.05, 0) is 31.4 Å². The Morgan fingerprint density at radius 3 is 2.64 bits per heavy atom. The van der Waals surface area contributed by atoms with Crippen LogP contribution < -0.4 is 5.73 Å². The van der Waals surface area contributed by atoms with Crippen molar-refractivity contribution in [2.24, 2.45) is 5.73 Å². The molecule has 1 aromatic rings. The van der Waals surface area contributed by atoms with E-state index in [1.165, 1.54) is 0 Å². The summed E-state index contributed by atoms with van der Waals surface area (Å²) in [6.07, 6.45) is 1.95. The van der Waals surface area contributed by atoms with Crippen LogP contribution in [0.3, 0.4) is 0 Å². The lowest BCUT2D eigenvalue weighted by Crippen LogP contribution is -2.37. The van der Waals surface area contributed by atoms with Gasteiger partial charge in [-0.1, -0.05) is 0 Å². The van der Waals surface area contributed by atoms with Crippen molar-refractivity contribution in [3.63, 3.8) is 0 Å². The topological polar surface area (TPSA) is 66.5 Å². The second kappa shape index (κ2) is 4.21. The fourth-order valence-corrected chi connectivity index (χ4v) is 1.62. The predicted octanol–water partition coefficient (Wildman–Crippen LogP) is 1.28. The fourth-order valence-electron chi connectivity index (χ4n) is 1.18. The number of thioether (sulfide) groups is 1. The molecule has 0 aromatic heterocycles. The van der Waals surface area contributed by atoms with E-state index in [2.05, 4.69) is 0 Å². The normalized spacial score (nSPS) is 15.1. The minimum Gasteiger partial charge on any atom is -0.508 e. The maximum atomic E-state index is 9.60. The molecule has 4 heteroatoms. The SMILES string of the molecule is CSc1ccc(O)c([C@@](C)(N)CO)c1. The van der Waals surface area contributed by atoms with Crippen LogP contribution in [-0.2, 0) is 5.54 Å². The van der Waals surface area contributed by atoms with Crippen LogP contribution in [0.2, 0.25) is 0 Å². The zero-order valence-electron chi connectivity index (χ0n) is 8.32. The van der Waals surface area contributed by atoms with Gasteiger partial charge in [0.1, 0.15) is 5.75 Å². The molecule has 0 aliphatic carbocycles. The maximum Gasteiger partial charge on any atom is 0.120 e. The molecule has 0 saturated heterocycles. The minimum absolute atomic E-state index is 0.127. The Balaban J connectivity index is 3.18. The lowest BCUT2D eigenvalue weighted by atomic mass is 9.93. The number of phenols is 1. The summed E-state index contributed by atoms with van der Waals surface area (Å²) < 4.78 is 0. The molecule has 78 valence electrons. The molecular formula is C10H15NO2S. The number of nitrogens with two attached hydrogens (primary N) is 1. The van der Waals surface area contributed by atoms with Crippen LogP contribution in [0.1, 0.15) is 12.5 Å². The van der Waals surface area contributed by atoms with E-state index in [9.17, 15) is 5.11 Å². The van der Waals surface area contributed by atoms with Crippen molar-refractivity contribution in [3.05, 3.63) is 23.8 Å². The third-order valence-corrected chi connectivity index (χ3v) is 2.87. The Morgan fingerprint density at radius 1 is 1.50 bits per heavy atom. The molecule has 0 saturated carbocycles. The van der Waals surface area contributed by atoms with Crippen LogP contribution in [0.15, 0.2) is 23.1 Å². The predicted molar refractivity (Wildman–Crippen MR) is 58.5 cm³/mol. The first-order valence-electron chi connectivity index (χ1n) is 4.28. The van der Waals surface area contributed by atoms with E-state index < -0.39 is 5.54 Å². The van der Waals surface area contributed by atoms with Gasteiger partial charge in [0.05, 0.1) is 12.1 Å². The van der Waals surface area contributed by atoms with Gasteiger partial charge in [0.2, 0.25) is 0 Å². The standard InChI is InChI=1S/C10H15NO2S/c1-10(11,6-12)8-5-7(14-2)3-4-9(8)13/h3-5,12-13H,6,11H2,1-2H3/t10-/m0/s1. The van der Waals surface area contributed by atoms with E-state index >= 15 is 0 Å². The van der Waals surface area contributed by atoms with Gasteiger partial charge in [0.15, 0.2) is 0 Å². The molecule has 0 fully saturated rings. The van der Waals surface area contributed by atoms with Crippen molar-refractivity contribution in [1.82, 2.24) is 0 Å². The Kier molecular flexibility index (Phi) is 3.42. The number of hydrogen-bond acceptors (Lipinski definition) is 4. The molecule has 0 aliphatic rings. The maximum absolute atomic E-state index is 9.60. The van der Waals surface area contributed by atoms with Crippen molar-refractivity contribution in [2.45, 2.75) is 17.4 Å². The molecular weight excluding hydrogens is 198 g/mol. The highest BCUT2D eigenvalue weighted by atomic mass is 32.2. The van der Waals surface area contributed by atoms with Crippen LogP contribution in [0.4, 0.5) is 0 Å². The molecule has 14 heavy (non-hydrogen) atoms. The molecule has 0 radical (unpaired) electrons. The number of aliphatic hydroxyl groups is 1. The number of benzene rings is 1. The second-order valence-corrected chi connectivity index (χ2v) is 4.34. The zero-order valence-corrected chi connectivity index (χ0v) is 9.14. The van der Waals surface area contributed by atoms with Crippen LogP contribution >= 0.6 is 11.8 Å². The van der Waals surface area contributed by atoms with Crippen LogP contribution in [0, 0.1) is 0 Å². The van der Waals surface area contributed by atoms with E-state index in [-0.39, 0.29) is 12.4 Å². The summed E-state index contributed by atoms with van der Waals surface area (Å²) in [6.45, 7) is 1.49. The molecule has 1 atom stereocenters. The highest BCUT2D eigenvalue weighted by molar-refractivity contribution is 7.98. The average Bonchev–Trinajstić information content (AvgIpc) is 2.18. The van der Waals surface area contributed by atoms with Crippen molar-refractivity contribution in [3.8, 4) is 5.75 Å². The van der Waals surface area contributed by atoms with Gasteiger partial charge in [-0.25, -0.2) is 0 Å². The van der Waals surface area contributed by atoms with Gasteiger partial charge in [-0.2, -0.15) is 0 Å². The third kappa shape index (κ3) is 2.20. The molecule has 1 rings (SSSR count). The molecule has 3 nitrogen and oxygen atoms in total. The molecule has 0 spiro atoms. The van der Waals surface area contributed by atoms with Crippen molar-refractivity contribution in [1.29, 1.82) is 0 Å². The fraction of sp³-hybridized carbons (Fsp3) is 0.400. The molecule has 0 bridgehead atoms. The van der Waals surface area contributed by atoms with Crippen molar-refractivity contribution in [2.75, 3.05) is 12.9 Å². The Bertz CT molecular complexity index is 326. The van der Waals surface area contributed by atoms with Crippen LogP contribution in [-0.4, -0.2) is 23.1 Å². The quantitative estimate of drug-likeness (QED) is 0.662. The van der Waals surface area contributed by atoms with E-state index in [4.69, 9.17) is 10.8 Å². The average molecular weight is 213 g/mol.